The lowest BCUT2D eigenvalue weighted by atomic mass is 10.1. The first kappa shape index (κ1) is 21.4. The summed E-state index contributed by atoms with van der Waals surface area (Å²) < 4.78 is 5.26. The number of ether oxygens (including phenoxy) is 1. The highest BCUT2D eigenvalue weighted by atomic mass is 32.1. The van der Waals surface area contributed by atoms with Crippen LogP contribution in [-0.2, 0) is 6.54 Å². The van der Waals surface area contributed by atoms with Crippen molar-refractivity contribution < 1.29 is 14.3 Å². The van der Waals surface area contributed by atoms with Crippen LogP contribution < -0.4 is 25.2 Å². The van der Waals surface area contributed by atoms with E-state index in [4.69, 9.17) is 4.74 Å². The fraction of sp³-hybridized carbons (Fsp3) is 0.304. The maximum atomic E-state index is 13.0. The average molecular weight is 465 g/mol. The molecule has 0 spiro atoms. The van der Waals surface area contributed by atoms with Crippen LogP contribution in [0.15, 0.2) is 35.8 Å². The van der Waals surface area contributed by atoms with Crippen molar-refractivity contribution in [2.45, 2.75) is 13.5 Å². The largest absolute Gasteiger partial charge is 0.497 e. The summed E-state index contributed by atoms with van der Waals surface area (Å²) in [6.07, 6.45) is 1.69. The molecule has 0 atom stereocenters. The SMILES string of the molecule is COc1ccc2c(c1)CN(c1nc(C(=O)Nc3cnc(C)cc3N3CCNCC3)cs1)C2=O. The Morgan fingerprint density at radius 2 is 2.06 bits per heavy atom. The van der Waals surface area contributed by atoms with E-state index in [0.717, 1.165) is 43.1 Å². The molecule has 2 N–H and O–H groups in total. The highest BCUT2D eigenvalue weighted by molar-refractivity contribution is 7.14. The number of carbonyl (C=O) groups excluding carboxylic acids is 2. The second-order valence-corrected chi connectivity index (χ2v) is 8.80. The number of amides is 2. The highest BCUT2D eigenvalue weighted by Crippen LogP contribution is 2.33. The van der Waals surface area contributed by atoms with Crippen molar-refractivity contribution in [1.82, 2.24) is 15.3 Å². The fourth-order valence-electron chi connectivity index (χ4n) is 4.07. The Labute approximate surface area is 195 Å². The molecule has 3 aromatic rings. The van der Waals surface area contributed by atoms with Crippen LogP contribution in [0.5, 0.6) is 5.75 Å². The topological polar surface area (TPSA) is 99.7 Å². The number of pyridine rings is 1. The van der Waals surface area contributed by atoms with Crippen molar-refractivity contribution in [1.29, 1.82) is 0 Å². The summed E-state index contributed by atoms with van der Waals surface area (Å²) in [6.45, 7) is 5.83. The predicted octanol–water partition coefficient (Wildman–Crippen LogP) is 2.68. The number of aryl methyl sites for hydroxylation is 1. The van der Waals surface area contributed by atoms with Gasteiger partial charge in [-0.25, -0.2) is 4.98 Å². The molecular weight excluding hydrogens is 440 g/mol. The van der Waals surface area contributed by atoms with E-state index in [9.17, 15) is 9.59 Å². The van der Waals surface area contributed by atoms with E-state index in [2.05, 4.69) is 25.5 Å². The third kappa shape index (κ3) is 4.14. The predicted molar refractivity (Wildman–Crippen MR) is 128 cm³/mol. The van der Waals surface area contributed by atoms with Gasteiger partial charge in [-0.05, 0) is 36.8 Å². The molecule has 0 aliphatic carbocycles. The molecule has 4 heterocycles. The summed E-state index contributed by atoms with van der Waals surface area (Å²) in [4.78, 5) is 38.5. The number of fused-ring (bicyclic) bond motifs is 1. The van der Waals surface area contributed by atoms with E-state index in [1.54, 1.807) is 35.7 Å². The van der Waals surface area contributed by atoms with E-state index < -0.39 is 0 Å². The van der Waals surface area contributed by atoms with Gasteiger partial charge in [0.05, 0.1) is 31.2 Å². The Kier molecular flexibility index (Phi) is 5.69. The van der Waals surface area contributed by atoms with Crippen LogP contribution in [0.1, 0.15) is 32.1 Å². The Hall–Kier alpha value is -3.50. The first-order valence-corrected chi connectivity index (χ1v) is 11.6. The number of thiazole rings is 1. The second kappa shape index (κ2) is 8.80. The Morgan fingerprint density at radius 1 is 1.24 bits per heavy atom. The average Bonchev–Trinajstić information content (AvgIpc) is 3.45. The van der Waals surface area contributed by atoms with Crippen molar-refractivity contribution in [2.24, 2.45) is 0 Å². The van der Waals surface area contributed by atoms with Crippen LogP contribution in [-0.4, -0.2) is 55.1 Å². The van der Waals surface area contributed by atoms with Crippen molar-refractivity contribution in [3.8, 4) is 5.75 Å². The van der Waals surface area contributed by atoms with Crippen molar-refractivity contribution >= 4 is 39.7 Å². The molecule has 1 saturated heterocycles. The minimum Gasteiger partial charge on any atom is -0.497 e. The number of nitrogens with one attached hydrogen (secondary N) is 2. The molecule has 2 aliphatic heterocycles. The molecule has 2 aromatic heterocycles. The summed E-state index contributed by atoms with van der Waals surface area (Å²) in [7, 11) is 1.60. The van der Waals surface area contributed by atoms with Crippen LogP contribution in [0, 0.1) is 6.92 Å². The zero-order valence-corrected chi connectivity index (χ0v) is 19.2. The Bertz CT molecular complexity index is 1220. The quantitative estimate of drug-likeness (QED) is 0.599. The fourth-order valence-corrected chi connectivity index (χ4v) is 4.87. The summed E-state index contributed by atoms with van der Waals surface area (Å²) >= 11 is 1.27. The van der Waals surface area contributed by atoms with Crippen molar-refractivity contribution in [3.63, 3.8) is 0 Å². The van der Waals surface area contributed by atoms with Crippen LogP contribution in [0.25, 0.3) is 0 Å². The molecule has 0 unspecified atom stereocenters. The smallest absolute Gasteiger partial charge is 0.275 e. The van der Waals surface area contributed by atoms with Crippen LogP contribution in [0.3, 0.4) is 0 Å². The number of methoxy groups -OCH3 is 1. The number of hydrogen-bond acceptors (Lipinski definition) is 8. The van der Waals surface area contributed by atoms with Gasteiger partial charge in [0.25, 0.3) is 11.8 Å². The van der Waals surface area contributed by atoms with E-state index in [0.29, 0.717) is 28.7 Å². The summed E-state index contributed by atoms with van der Waals surface area (Å²) in [5, 5.41) is 8.46. The number of hydrogen-bond donors (Lipinski definition) is 2. The molecule has 0 radical (unpaired) electrons. The van der Waals surface area contributed by atoms with Gasteiger partial charge in [0.2, 0.25) is 0 Å². The zero-order valence-electron chi connectivity index (χ0n) is 18.4. The molecule has 10 heteroatoms. The molecule has 1 fully saturated rings. The number of aromatic nitrogens is 2. The maximum Gasteiger partial charge on any atom is 0.275 e. The standard InChI is InChI=1S/C23H24N6O3S/c1-14-9-20(28-7-5-24-6-8-28)18(11-25-14)26-21(30)19-13-33-23(27-19)29-12-15-10-16(32-2)3-4-17(15)22(29)31/h3-4,9-11,13,24H,5-8,12H2,1-2H3,(H,26,30). The number of anilines is 3. The molecular formula is C23H24N6O3S. The molecule has 0 saturated carbocycles. The third-order valence-corrected chi connectivity index (χ3v) is 6.66. The molecule has 5 rings (SSSR count). The van der Waals surface area contributed by atoms with E-state index in [-0.39, 0.29) is 17.5 Å². The number of rotatable bonds is 5. The first-order chi connectivity index (χ1) is 16.0. The molecule has 2 aliphatic rings. The van der Waals surface area contributed by atoms with Gasteiger partial charge in [-0.2, -0.15) is 0 Å². The third-order valence-electron chi connectivity index (χ3n) is 5.80. The Morgan fingerprint density at radius 3 is 2.85 bits per heavy atom. The van der Waals surface area contributed by atoms with Gasteiger partial charge >= 0.3 is 0 Å². The molecule has 33 heavy (non-hydrogen) atoms. The lowest BCUT2D eigenvalue weighted by Crippen LogP contribution is -2.43. The number of piperazine rings is 1. The second-order valence-electron chi connectivity index (χ2n) is 7.96. The van der Waals surface area contributed by atoms with Gasteiger partial charge in [0.15, 0.2) is 5.13 Å². The van der Waals surface area contributed by atoms with E-state index in [1.165, 1.54) is 11.3 Å². The van der Waals surface area contributed by atoms with Gasteiger partial charge in [0, 0.05) is 42.8 Å². The van der Waals surface area contributed by atoms with Crippen LogP contribution in [0.4, 0.5) is 16.5 Å². The zero-order chi connectivity index (χ0) is 22.9. The minimum atomic E-state index is -0.328. The van der Waals surface area contributed by atoms with Crippen molar-refractivity contribution in [3.05, 3.63) is 58.4 Å². The number of benzene rings is 1. The van der Waals surface area contributed by atoms with Gasteiger partial charge in [-0.3, -0.25) is 19.5 Å². The molecule has 1 aromatic carbocycles. The lowest BCUT2D eigenvalue weighted by Gasteiger charge is -2.31. The molecule has 2 amide bonds. The molecule has 9 nitrogen and oxygen atoms in total. The molecule has 0 bridgehead atoms. The number of nitrogens with zero attached hydrogens (tertiary/aromatic N) is 4. The van der Waals surface area contributed by atoms with E-state index in [1.807, 2.05) is 19.1 Å². The first-order valence-electron chi connectivity index (χ1n) is 10.7. The summed E-state index contributed by atoms with van der Waals surface area (Å²) in [6, 6.07) is 7.38. The van der Waals surface area contributed by atoms with E-state index >= 15 is 0 Å². The normalized spacial score (nSPS) is 15.5. The Balaban J connectivity index is 1.34. The van der Waals surface area contributed by atoms with Gasteiger partial charge < -0.3 is 20.3 Å². The maximum absolute atomic E-state index is 13.0. The van der Waals surface area contributed by atoms with Crippen LogP contribution in [0.2, 0.25) is 0 Å². The summed E-state index contributed by atoms with van der Waals surface area (Å²) in [5.74, 6) is 0.248. The van der Waals surface area contributed by atoms with Crippen LogP contribution >= 0.6 is 11.3 Å². The molecule has 170 valence electrons. The lowest BCUT2D eigenvalue weighted by molar-refractivity contribution is 0.0991. The number of carbonyl (C=O) groups is 2. The van der Waals surface area contributed by atoms with Crippen molar-refractivity contribution in [2.75, 3.05) is 48.4 Å². The summed E-state index contributed by atoms with van der Waals surface area (Å²) in [5.41, 5.74) is 4.27. The van der Waals surface area contributed by atoms with Gasteiger partial charge in [-0.15, -0.1) is 11.3 Å². The highest BCUT2D eigenvalue weighted by Gasteiger charge is 2.31. The van der Waals surface area contributed by atoms with Gasteiger partial charge in [-0.1, -0.05) is 0 Å². The minimum absolute atomic E-state index is 0.127. The van der Waals surface area contributed by atoms with Gasteiger partial charge in [0.1, 0.15) is 11.4 Å². The monoisotopic (exact) mass is 464 g/mol.